The fourth-order valence-electron chi connectivity index (χ4n) is 3.28. The number of amides is 3. The predicted molar refractivity (Wildman–Crippen MR) is 137 cm³/mol. The minimum Gasteiger partial charge on any atom is -0.493 e. The van der Waals surface area contributed by atoms with Gasteiger partial charge < -0.3 is 14.8 Å². The molecule has 3 aromatic carbocycles. The van der Waals surface area contributed by atoms with E-state index >= 15 is 0 Å². The average Bonchev–Trinajstić information content (AvgIpc) is 3.07. The van der Waals surface area contributed by atoms with Gasteiger partial charge in [-0.25, -0.2) is 9.69 Å². The van der Waals surface area contributed by atoms with Crippen LogP contribution < -0.4 is 19.7 Å². The molecule has 0 atom stereocenters. The molecule has 0 bridgehead atoms. The summed E-state index contributed by atoms with van der Waals surface area (Å²) < 4.78 is 12.0. The van der Waals surface area contributed by atoms with Crippen molar-refractivity contribution in [3.8, 4) is 11.5 Å². The molecule has 0 saturated carbocycles. The van der Waals surface area contributed by atoms with E-state index in [9.17, 15) is 9.59 Å². The molecule has 1 saturated heterocycles. The molecular weight excluding hydrogens is 567 g/mol. The molecule has 1 heterocycles. The third kappa shape index (κ3) is 5.18. The maximum absolute atomic E-state index is 12.9. The summed E-state index contributed by atoms with van der Waals surface area (Å²) in [5, 5.41) is 4.13. The van der Waals surface area contributed by atoms with E-state index in [0.717, 1.165) is 10.5 Å². The molecule has 0 aromatic heterocycles. The smallest absolute Gasteiger partial charge is 0.333 e. The van der Waals surface area contributed by atoms with E-state index in [0.29, 0.717) is 42.3 Å². The van der Waals surface area contributed by atoms with Gasteiger partial charge in [0.2, 0.25) is 0 Å². The van der Waals surface area contributed by atoms with Gasteiger partial charge in [0.25, 0.3) is 5.91 Å². The van der Waals surface area contributed by atoms with Crippen molar-refractivity contribution in [1.82, 2.24) is 5.32 Å². The van der Waals surface area contributed by atoms with Crippen LogP contribution in [0.25, 0.3) is 6.08 Å². The Morgan fingerprint density at radius 3 is 2.38 bits per heavy atom. The lowest BCUT2D eigenvalue weighted by atomic mass is 10.1. The van der Waals surface area contributed by atoms with Crippen LogP contribution in [-0.2, 0) is 11.4 Å². The Bertz CT molecular complexity index is 1310. The fourth-order valence-corrected chi connectivity index (χ4v) is 4.44. The predicted octanol–water partition coefficient (Wildman–Crippen LogP) is 7.09. The Kier molecular flexibility index (Phi) is 7.38. The standard InChI is InChI=1S/C24H16BrCl3N2O4/c1-33-21-10-13(8-18(25)22(21)34-12-14-2-3-16(27)11-19(14)28)9-20-23(31)30(24(32)29-20)17-6-4-15(26)5-7-17/h2-11H,12H2,1H3,(H,29,32)/b20-9+. The molecule has 0 unspecified atom stereocenters. The number of hydrogen-bond acceptors (Lipinski definition) is 4. The number of benzene rings is 3. The zero-order chi connectivity index (χ0) is 24.4. The molecule has 3 amide bonds. The first-order chi connectivity index (χ1) is 16.3. The second-order valence-electron chi connectivity index (χ2n) is 7.16. The van der Waals surface area contributed by atoms with Crippen molar-refractivity contribution < 1.29 is 19.1 Å². The van der Waals surface area contributed by atoms with E-state index in [1.165, 1.54) is 7.11 Å². The zero-order valence-corrected chi connectivity index (χ0v) is 21.4. The second-order valence-corrected chi connectivity index (χ2v) is 9.30. The highest BCUT2D eigenvalue weighted by molar-refractivity contribution is 9.10. The second kappa shape index (κ2) is 10.3. The number of imide groups is 1. The van der Waals surface area contributed by atoms with E-state index in [1.807, 2.05) is 0 Å². The summed E-state index contributed by atoms with van der Waals surface area (Å²) in [7, 11) is 1.51. The molecule has 34 heavy (non-hydrogen) atoms. The van der Waals surface area contributed by atoms with Gasteiger partial charge in [-0.2, -0.15) is 0 Å². The summed E-state index contributed by atoms with van der Waals surface area (Å²) in [4.78, 5) is 26.4. The summed E-state index contributed by atoms with van der Waals surface area (Å²) in [6, 6.07) is 14.5. The number of rotatable bonds is 6. The van der Waals surface area contributed by atoms with E-state index < -0.39 is 11.9 Å². The van der Waals surface area contributed by atoms with Crippen LogP contribution in [0.4, 0.5) is 10.5 Å². The maximum atomic E-state index is 12.9. The quantitative estimate of drug-likeness (QED) is 0.249. The van der Waals surface area contributed by atoms with E-state index in [1.54, 1.807) is 60.7 Å². The largest absolute Gasteiger partial charge is 0.493 e. The maximum Gasteiger partial charge on any atom is 0.333 e. The molecule has 10 heteroatoms. The molecule has 0 aliphatic carbocycles. The molecule has 1 fully saturated rings. The number of halogens is 4. The highest BCUT2D eigenvalue weighted by atomic mass is 79.9. The van der Waals surface area contributed by atoms with Crippen LogP contribution in [0.5, 0.6) is 11.5 Å². The minimum absolute atomic E-state index is 0.121. The van der Waals surface area contributed by atoms with Crippen molar-refractivity contribution in [3.63, 3.8) is 0 Å². The van der Waals surface area contributed by atoms with Crippen LogP contribution in [-0.4, -0.2) is 19.0 Å². The number of carbonyl (C=O) groups is 2. The molecule has 3 aromatic rings. The normalized spacial score (nSPS) is 14.5. The van der Waals surface area contributed by atoms with E-state index in [4.69, 9.17) is 44.3 Å². The third-order valence-electron chi connectivity index (χ3n) is 4.91. The highest BCUT2D eigenvalue weighted by Gasteiger charge is 2.34. The highest BCUT2D eigenvalue weighted by Crippen LogP contribution is 2.38. The lowest BCUT2D eigenvalue weighted by Gasteiger charge is -2.14. The van der Waals surface area contributed by atoms with E-state index in [2.05, 4.69) is 21.2 Å². The Hall–Kier alpha value is -2.71. The molecule has 4 rings (SSSR count). The lowest BCUT2D eigenvalue weighted by Crippen LogP contribution is -2.30. The van der Waals surface area contributed by atoms with Crippen molar-refractivity contribution in [2.24, 2.45) is 0 Å². The van der Waals surface area contributed by atoms with Gasteiger partial charge in [0, 0.05) is 20.6 Å². The van der Waals surface area contributed by atoms with Gasteiger partial charge in [0.05, 0.1) is 17.3 Å². The summed E-state index contributed by atoms with van der Waals surface area (Å²) >= 11 is 21.6. The van der Waals surface area contributed by atoms with Crippen molar-refractivity contribution in [3.05, 3.63) is 91.0 Å². The molecule has 1 aliphatic rings. The van der Waals surface area contributed by atoms with Gasteiger partial charge in [0.1, 0.15) is 12.3 Å². The van der Waals surface area contributed by atoms with Gasteiger partial charge in [-0.1, -0.05) is 40.9 Å². The first-order valence-corrected chi connectivity index (χ1v) is 11.8. The molecule has 174 valence electrons. The number of anilines is 1. The zero-order valence-electron chi connectivity index (χ0n) is 17.6. The molecule has 1 aliphatic heterocycles. The summed E-state index contributed by atoms with van der Waals surface area (Å²) in [5.74, 6) is 0.401. The third-order valence-corrected chi connectivity index (χ3v) is 6.34. The van der Waals surface area contributed by atoms with Crippen molar-refractivity contribution in [2.75, 3.05) is 12.0 Å². The monoisotopic (exact) mass is 580 g/mol. The van der Waals surface area contributed by atoms with Crippen molar-refractivity contribution in [2.45, 2.75) is 6.61 Å². The number of urea groups is 1. The van der Waals surface area contributed by atoms with Crippen LogP contribution in [0.15, 0.2) is 64.8 Å². The number of hydrogen-bond donors (Lipinski definition) is 1. The van der Waals surface area contributed by atoms with Gasteiger partial charge in [-0.3, -0.25) is 4.79 Å². The van der Waals surface area contributed by atoms with Crippen molar-refractivity contribution >= 4 is 74.4 Å². The van der Waals surface area contributed by atoms with Gasteiger partial charge in [-0.05, 0) is 76.1 Å². The molecule has 0 spiro atoms. The van der Waals surface area contributed by atoms with Crippen LogP contribution >= 0.6 is 50.7 Å². The first kappa shape index (κ1) is 24.4. The number of ether oxygens (including phenoxy) is 2. The number of nitrogens with zero attached hydrogens (tertiary/aromatic N) is 1. The number of methoxy groups -OCH3 is 1. The van der Waals surface area contributed by atoms with Crippen molar-refractivity contribution in [1.29, 1.82) is 0 Å². The number of carbonyl (C=O) groups excluding carboxylic acids is 2. The van der Waals surface area contributed by atoms with Gasteiger partial charge >= 0.3 is 6.03 Å². The minimum atomic E-state index is -0.551. The van der Waals surface area contributed by atoms with Gasteiger partial charge in [0.15, 0.2) is 11.5 Å². The Balaban J connectivity index is 1.58. The molecule has 6 nitrogen and oxygen atoms in total. The van der Waals surface area contributed by atoms with E-state index in [-0.39, 0.29) is 12.3 Å². The van der Waals surface area contributed by atoms with Gasteiger partial charge in [-0.15, -0.1) is 0 Å². The first-order valence-electron chi connectivity index (χ1n) is 9.84. The van der Waals surface area contributed by atoms with Crippen LogP contribution in [0.1, 0.15) is 11.1 Å². The summed E-state index contributed by atoms with van der Waals surface area (Å²) in [6.07, 6.45) is 1.56. The Morgan fingerprint density at radius 1 is 1.00 bits per heavy atom. The summed E-state index contributed by atoms with van der Waals surface area (Å²) in [5.41, 5.74) is 1.91. The Morgan fingerprint density at radius 2 is 1.71 bits per heavy atom. The average molecular weight is 583 g/mol. The Labute approximate surface area is 219 Å². The molecule has 0 radical (unpaired) electrons. The van der Waals surface area contributed by atoms with Crippen LogP contribution in [0, 0.1) is 0 Å². The lowest BCUT2D eigenvalue weighted by molar-refractivity contribution is -0.113. The molecular formula is C24H16BrCl3N2O4. The summed E-state index contributed by atoms with van der Waals surface area (Å²) in [6.45, 7) is 0.190. The van der Waals surface area contributed by atoms with Crippen LogP contribution in [0.2, 0.25) is 15.1 Å². The SMILES string of the molecule is COc1cc(/C=C2/NC(=O)N(c3ccc(Cl)cc3)C2=O)cc(Br)c1OCc1ccc(Cl)cc1Cl. The topological polar surface area (TPSA) is 67.9 Å². The fraction of sp³-hybridized carbons (Fsp3) is 0.0833. The van der Waals surface area contributed by atoms with Crippen LogP contribution in [0.3, 0.4) is 0 Å². The number of nitrogens with one attached hydrogen (secondary N) is 1. The molecule has 1 N–H and O–H groups in total.